The molecule has 0 saturated heterocycles. The predicted molar refractivity (Wildman–Crippen MR) is 127 cm³/mol. The highest BCUT2D eigenvalue weighted by Crippen LogP contribution is 2.35. The number of hydrogen-bond acceptors (Lipinski definition) is 5. The van der Waals surface area contributed by atoms with Crippen LogP contribution in [0.2, 0.25) is 0 Å². The Hall–Kier alpha value is -3.51. The van der Waals surface area contributed by atoms with Gasteiger partial charge in [0.2, 0.25) is 5.91 Å². The molecule has 2 aromatic rings. The Labute approximate surface area is 198 Å². The smallest absolute Gasteiger partial charge is 0.406 e. The van der Waals surface area contributed by atoms with Crippen LogP contribution < -0.4 is 15.0 Å². The van der Waals surface area contributed by atoms with E-state index in [4.69, 9.17) is 0 Å². The highest BCUT2D eigenvalue weighted by Gasteiger charge is 2.31. The van der Waals surface area contributed by atoms with Crippen LogP contribution in [0.3, 0.4) is 0 Å². The van der Waals surface area contributed by atoms with E-state index in [2.05, 4.69) is 33.6 Å². The first kappa shape index (κ1) is 28.5. The zero-order valence-electron chi connectivity index (χ0n) is 20.0. The number of nitrogens with zero attached hydrogens (tertiary/aromatic N) is 2. The number of benzene rings is 1. The summed E-state index contributed by atoms with van der Waals surface area (Å²) in [5.74, 6) is 2.08. The van der Waals surface area contributed by atoms with Crippen molar-refractivity contribution in [1.29, 1.82) is 0 Å². The maximum atomic E-state index is 12.5. The topological polar surface area (TPSA) is 74.7 Å². The quantitative estimate of drug-likeness (QED) is 0.327. The molecule has 0 aliphatic heterocycles. The maximum Gasteiger partial charge on any atom is 0.573 e. The van der Waals surface area contributed by atoms with E-state index in [9.17, 15) is 23.1 Å². The van der Waals surface area contributed by atoms with E-state index in [1.54, 1.807) is 18.9 Å². The Balaban J connectivity index is 0.00000281. The third-order valence-corrected chi connectivity index (χ3v) is 4.54. The Kier molecular flexibility index (Phi) is 11.1. The lowest BCUT2D eigenvalue weighted by Crippen LogP contribution is -2.24. The number of halogens is 3. The number of pyridine rings is 1. The number of nitrogens with one attached hydrogen (secondary N) is 1. The normalized spacial score (nSPS) is 10.3. The molecule has 1 aromatic carbocycles. The van der Waals surface area contributed by atoms with Gasteiger partial charge in [-0.05, 0) is 56.2 Å². The number of carbonyl (C=O) groups excluding carboxylic acids is 1. The van der Waals surface area contributed by atoms with Crippen LogP contribution in [0.25, 0.3) is 11.3 Å². The molecule has 2 N–H and O–H groups in total. The predicted octanol–water partition coefficient (Wildman–Crippen LogP) is 4.74. The van der Waals surface area contributed by atoms with E-state index in [0.29, 0.717) is 28.2 Å². The zero-order valence-corrected chi connectivity index (χ0v) is 20.0. The van der Waals surface area contributed by atoms with Crippen LogP contribution >= 0.6 is 0 Å². The van der Waals surface area contributed by atoms with Gasteiger partial charge in [0.05, 0.1) is 23.6 Å². The monoisotopic (exact) mass is 477 g/mol. The van der Waals surface area contributed by atoms with Crippen molar-refractivity contribution >= 4 is 11.6 Å². The summed E-state index contributed by atoms with van der Waals surface area (Å²) in [6, 6.07) is 8.31. The molecule has 0 spiro atoms. The van der Waals surface area contributed by atoms with Gasteiger partial charge in [0, 0.05) is 30.8 Å². The molecule has 0 unspecified atom stereocenters. The van der Waals surface area contributed by atoms with Crippen LogP contribution in [0.15, 0.2) is 36.9 Å². The van der Waals surface area contributed by atoms with Gasteiger partial charge in [-0.15, -0.1) is 13.2 Å². The maximum absolute atomic E-state index is 12.5. The molecule has 6 nitrogen and oxygen atoms in total. The molecule has 1 aromatic heterocycles. The molecule has 0 radical (unpaired) electrons. The minimum absolute atomic E-state index is 0.0725. The highest BCUT2D eigenvalue weighted by molar-refractivity contribution is 5.86. The Morgan fingerprint density at radius 1 is 1.29 bits per heavy atom. The van der Waals surface area contributed by atoms with Gasteiger partial charge in [-0.2, -0.15) is 0 Å². The van der Waals surface area contributed by atoms with Gasteiger partial charge in [-0.1, -0.05) is 26.3 Å². The number of rotatable bonds is 8. The molecule has 0 aliphatic carbocycles. The molecule has 0 bridgehead atoms. The van der Waals surface area contributed by atoms with Gasteiger partial charge < -0.3 is 20.1 Å². The van der Waals surface area contributed by atoms with E-state index in [1.165, 1.54) is 24.3 Å². The summed E-state index contributed by atoms with van der Waals surface area (Å²) in [7, 11) is 1.76. The van der Waals surface area contributed by atoms with E-state index >= 15 is 0 Å². The number of anilines is 1. The molecule has 184 valence electrons. The van der Waals surface area contributed by atoms with E-state index in [1.807, 2.05) is 20.8 Å². The first-order valence-electron chi connectivity index (χ1n) is 10.7. The number of ether oxygens (including phenoxy) is 1. The van der Waals surface area contributed by atoms with Crippen LogP contribution in [0, 0.1) is 18.9 Å². The number of aliphatic hydroxyl groups excluding tert-OH is 1. The fourth-order valence-electron chi connectivity index (χ4n) is 3.30. The molecule has 0 aliphatic rings. The van der Waals surface area contributed by atoms with E-state index in [-0.39, 0.29) is 31.2 Å². The Bertz CT molecular complexity index is 1040. The minimum Gasteiger partial charge on any atom is -0.406 e. The third kappa shape index (κ3) is 7.81. The summed E-state index contributed by atoms with van der Waals surface area (Å²) in [6.07, 6.45) is -3.38. The number of hydrogen-bond donors (Lipinski definition) is 2. The lowest BCUT2D eigenvalue weighted by molar-refractivity contribution is -0.274. The summed E-state index contributed by atoms with van der Waals surface area (Å²) in [5.41, 5.74) is 3.71. The molecule has 34 heavy (non-hydrogen) atoms. The Morgan fingerprint density at radius 2 is 1.91 bits per heavy atom. The highest BCUT2D eigenvalue weighted by atomic mass is 19.4. The summed E-state index contributed by atoms with van der Waals surface area (Å²) in [6.45, 7) is 10.9. The first-order valence-corrected chi connectivity index (χ1v) is 10.7. The van der Waals surface area contributed by atoms with Crippen LogP contribution in [-0.2, 0) is 17.8 Å². The average Bonchev–Trinajstić information content (AvgIpc) is 2.79. The molecule has 1 amide bonds. The molecule has 9 heteroatoms. The summed E-state index contributed by atoms with van der Waals surface area (Å²) in [5, 5.41) is 12.3. The standard InChI is InChI=1S/C23H24F3N3O3.C2H6/c1-5-12-29(4)22-15(3)21(16-7-9-17(10-8-16)32-23(24,25)26)28-19(18(22)11-13-30)14-27-20(31)6-2;1-2/h6-10,30H,2,11,13-14H2,1,3-4H3,(H,27,31);1-2H3. The van der Waals surface area contributed by atoms with Crippen LogP contribution in [0.1, 0.15) is 37.6 Å². The second kappa shape index (κ2) is 13.3. The Morgan fingerprint density at radius 3 is 2.41 bits per heavy atom. The van der Waals surface area contributed by atoms with Gasteiger partial charge in [-0.3, -0.25) is 9.78 Å². The SMILES string of the molecule is C=CC(=O)NCc1nc(-c2ccc(OC(F)(F)F)cc2)c(C)c(N(C)C#CC)c1CCO.CC. The van der Waals surface area contributed by atoms with Crippen molar-refractivity contribution < 1.29 is 27.8 Å². The number of amides is 1. The van der Waals surface area contributed by atoms with Crippen LogP contribution in [-0.4, -0.2) is 36.0 Å². The second-order valence-corrected chi connectivity index (χ2v) is 6.75. The average molecular weight is 478 g/mol. The molecular formula is C25H30F3N3O3. The van der Waals surface area contributed by atoms with Crippen LogP contribution in [0.4, 0.5) is 18.9 Å². The van der Waals surface area contributed by atoms with Crippen molar-refractivity contribution in [3.8, 4) is 29.0 Å². The van der Waals surface area contributed by atoms with Gasteiger partial charge in [0.15, 0.2) is 0 Å². The first-order chi connectivity index (χ1) is 16.1. The fraction of sp³-hybridized carbons (Fsp3) is 0.360. The van der Waals surface area contributed by atoms with Crippen molar-refractivity contribution in [2.75, 3.05) is 18.6 Å². The third-order valence-electron chi connectivity index (χ3n) is 4.54. The molecule has 0 atom stereocenters. The zero-order chi connectivity index (χ0) is 25.9. The van der Waals surface area contributed by atoms with Crippen molar-refractivity contribution in [1.82, 2.24) is 10.3 Å². The van der Waals surface area contributed by atoms with Gasteiger partial charge >= 0.3 is 6.36 Å². The minimum atomic E-state index is -4.78. The number of alkyl halides is 3. The lowest BCUT2D eigenvalue weighted by Gasteiger charge is -2.24. The van der Waals surface area contributed by atoms with Crippen molar-refractivity contribution in [3.63, 3.8) is 0 Å². The van der Waals surface area contributed by atoms with Gasteiger partial charge in [0.25, 0.3) is 0 Å². The van der Waals surface area contributed by atoms with Crippen molar-refractivity contribution in [3.05, 3.63) is 53.7 Å². The van der Waals surface area contributed by atoms with Gasteiger partial charge in [0.1, 0.15) is 5.75 Å². The largest absolute Gasteiger partial charge is 0.573 e. The summed E-state index contributed by atoms with van der Waals surface area (Å²) in [4.78, 5) is 18.1. The lowest BCUT2D eigenvalue weighted by atomic mass is 9.97. The molecular weight excluding hydrogens is 447 g/mol. The number of aliphatic hydroxyl groups is 1. The fourth-order valence-corrected chi connectivity index (χ4v) is 3.30. The second-order valence-electron chi connectivity index (χ2n) is 6.75. The number of aromatic nitrogens is 1. The molecule has 0 fully saturated rings. The van der Waals surface area contributed by atoms with Crippen LogP contribution in [0.5, 0.6) is 5.75 Å². The summed E-state index contributed by atoms with van der Waals surface area (Å²) < 4.78 is 41.4. The van der Waals surface area contributed by atoms with E-state index in [0.717, 1.165) is 11.6 Å². The number of carbonyl (C=O) groups is 1. The molecule has 2 rings (SSSR count). The molecule has 1 heterocycles. The molecule has 0 saturated carbocycles. The van der Waals surface area contributed by atoms with Gasteiger partial charge in [-0.25, -0.2) is 0 Å². The van der Waals surface area contributed by atoms with Crippen molar-refractivity contribution in [2.24, 2.45) is 0 Å². The van der Waals surface area contributed by atoms with E-state index < -0.39 is 6.36 Å². The summed E-state index contributed by atoms with van der Waals surface area (Å²) >= 11 is 0. The van der Waals surface area contributed by atoms with Crippen molar-refractivity contribution in [2.45, 2.75) is 47.0 Å².